The summed E-state index contributed by atoms with van der Waals surface area (Å²) >= 11 is 0. The third kappa shape index (κ3) is 5.45. The highest BCUT2D eigenvalue weighted by atomic mass is 16.2. The van der Waals surface area contributed by atoms with Gasteiger partial charge in [-0.25, -0.2) is 4.79 Å². The van der Waals surface area contributed by atoms with Crippen LogP contribution in [-0.4, -0.2) is 18.4 Å². The normalized spacial score (nSPS) is 11.6. The summed E-state index contributed by atoms with van der Waals surface area (Å²) in [6, 6.07) is 15.0. The SMILES string of the molecule is CCC(C)c1ccccc1NC(=O)NCCC(=O)c1ccc(C)cc1. The van der Waals surface area contributed by atoms with Crippen LogP contribution in [0.5, 0.6) is 0 Å². The molecule has 0 spiro atoms. The molecule has 4 nitrogen and oxygen atoms in total. The van der Waals surface area contributed by atoms with Crippen molar-refractivity contribution in [1.29, 1.82) is 0 Å². The Hall–Kier alpha value is -2.62. The number of amides is 2. The summed E-state index contributed by atoms with van der Waals surface area (Å²) in [5.41, 5.74) is 3.74. The number of benzene rings is 2. The predicted octanol–water partition coefficient (Wildman–Crippen LogP) is 4.90. The van der Waals surface area contributed by atoms with Crippen molar-refractivity contribution in [2.45, 2.75) is 39.5 Å². The van der Waals surface area contributed by atoms with E-state index in [1.807, 2.05) is 55.5 Å². The van der Waals surface area contributed by atoms with E-state index in [-0.39, 0.29) is 18.2 Å². The Labute approximate surface area is 149 Å². The predicted molar refractivity (Wildman–Crippen MR) is 102 cm³/mol. The number of hydrogen-bond acceptors (Lipinski definition) is 2. The summed E-state index contributed by atoms with van der Waals surface area (Å²) in [4.78, 5) is 24.2. The molecule has 25 heavy (non-hydrogen) atoms. The van der Waals surface area contributed by atoms with Crippen LogP contribution in [0.2, 0.25) is 0 Å². The lowest BCUT2D eigenvalue weighted by atomic mass is 9.97. The number of para-hydroxylation sites is 1. The molecule has 2 aromatic carbocycles. The summed E-state index contributed by atoms with van der Waals surface area (Å²) in [6.07, 6.45) is 1.29. The van der Waals surface area contributed by atoms with Crippen molar-refractivity contribution >= 4 is 17.5 Å². The Bertz CT molecular complexity index is 723. The fourth-order valence-electron chi connectivity index (χ4n) is 2.60. The van der Waals surface area contributed by atoms with Crippen molar-refractivity contribution in [3.05, 3.63) is 65.2 Å². The monoisotopic (exact) mass is 338 g/mol. The van der Waals surface area contributed by atoms with E-state index in [2.05, 4.69) is 24.5 Å². The van der Waals surface area contributed by atoms with Gasteiger partial charge in [0.05, 0.1) is 0 Å². The van der Waals surface area contributed by atoms with Crippen LogP contribution in [0.15, 0.2) is 48.5 Å². The highest BCUT2D eigenvalue weighted by Gasteiger charge is 2.11. The fraction of sp³-hybridized carbons (Fsp3) is 0.333. The molecule has 4 heteroatoms. The minimum atomic E-state index is -0.285. The number of hydrogen-bond donors (Lipinski definition) is 2. The van der Waals surface area contributed by atoms with Crippen LogP contribution in [-0.2, 0) is 0 Å². The van der Waals surface area contributed by atoms with E-state index in [1.54, 1.807) is 0 Å². The first-order valence-corrected chi connectivity index (χ1v) is 8.75. The van der Waals surface area contributed by atoms with Crippen LogP contribution < -0.4 is 10.6 Å². The van der Waals surface area contributed by atoms with Gasteiger partial charge in [0.1, 0.15) is 0 Å². The highest BCUT2D eigenvalue weighted by Crippen LogP contribution is 2.26. The smallest absolute Gasteiger partial charge is 0.319 e. The molecule has 0 fully saturated rings. The van der Waals surface area contributed by atoms with E-state index in [0.717, 1.165) is 23.2 Å². The lowest BCUT2D eigenvalue weighted by molar-refractivity contribution is 0.0983. The van der Waals surface area contributed by atoms with Gasteiger partial charge in [-0.1, -0.05) is 61.9 Å². The van der Waals surface area contributed by atoms with Gasteiger partial charge in [0.25, 0.3) is 0 Å². The van der Waals surface area contributed by atoms with Crippen molar-refractivity contribution in [2.24, 2.45) is 0 Å². The minimum absolute atomic E-state index is 0.0281. The summed E-state index contributed by atoms with van der Waals surface area (Å²) in [5.74, 6) is 0.403. The third-order valence-electron chi connectivity index (χ3n) is 4.36. The number of Topliss-reactive ketones (excluding diaryl/α,β-unsaturated/α-hetero) is 1. The van der Waals surface area contributed by atoms with E-state index in [4.69, 9.17) is 0 Å². The molecule has 0 heterocycles. The van der Waals surface area contributed by atoms with Crippen LogP contribution in [0.3, 0.4) is 0 Å². The molecule has 0 aliphatic rings. The molecule has 1 unspecified atom stereocenters. The summed E-state index contributed by atoms with van der Waals surface area (Å²) in [5, 5.41) is 5.64. The molecule has 2 rings (SSSR count). The van der Waals surface area contributed by atoms with Crippen molar-refractivity contribution in [2.75, 3.05) is 11.9 Å². The van der Waals surface area contributed by atoms with Crippen molar-refractivity contribution in [1.82, 2.24) is 5.32 Å². The number of aryl methyl sites for hydroxylation is 1. The largest absolute Gasteiger partial charge is 0.337 e. The molecule has 0 bridgehead atoms. The molecule has 0 aromatic heterocycles. The average molecular weight is 338 g/mol. The lowest BCUT2D eigenvalue weighted by Crippen LogP contribution is -2.31. The highest BCUT2D eigenvalue weighted by molar-refractivity contribution is 5.96. The van der Waals surface area contributed by atoms with Crippen LogP contribution in [0, 0.1) is 6.92 Å². The maximum Gasteiger partial charge on any atom is 0.319 e. The number of urea groups is 1. The molecule has 0 saturated carbocycles. The number of ketones is 1. The summed E-state index contributed by atoms with van der Waals surface area (Å²) in [6.45, 7) is 6.55. The molecule has 132 valence electrons. The third-order valence-corrected chi connectivity index (χ3v) is 4.36. The summed E-state index contributed by atoms with van der Waals surface area (Å²) < 4.78 is 0. The van der Waals surface area contributed by atoms with Crippen LogP contribution >= 0.6 is 0 Å². The molecular formula is C21H26N2O2. The number of carbonyl (C=O) groups is 2. The molecule has 0 aliphatic heterocycles. The standard InChI is InChI=1S/C21H26N2O2/c1-4-16(3)18-7-5-6-8-19(18)23-21(25)22-14-13-20(24)17-11-9-15(2)10-12-17/h5-12,16H,4,13-14H2,1-3H3,(H2,22,23,25). The zero-order valence-corrected chi connectivity index (χ0v) is 15.1. The maximum absolute atomic E-state index is 12.1. The average Bonchev–Trinajstić information content (AvgIpc) is 2.62. The van der Waals surface area contributed by atoms with Gasteiger partial charge < -0.3 is 10.6 Å². The maximum atomic E-state index is 12.1. The molecule has 0 aliphatic carbocycles. The van der Waals surface area contributed by atoms with Crippen molar-refractivity contribution in [3.63, 3.8) is 0 Å². The van der Waals surface area contributed by atoms with Gasteiger partial charge in [-0.2, -0.15) is 0 Å². The quantitative estimate of drug-likeness (QED) is 0.705. The topological polar surface area (TPSA) is 58.2 Å². The van der Waals surface area contributed by atoms with E-state index in [9.17, 15) is 9.59 Å². The zero-order chi connectivity index (χ0) is 18.2. The van der Waals surface area contributed by atoms with E-state index >= 15 is 0 Å². The summed E-state index contributed by atoms with van der Waals surface area (Å²) in [7, 11) is 0. The lowest BCUT2D eigenvalue weighted by Gasteiger charge is -2.16. The van der Waals surface area contributed by atoms with Gasteiger partial charge in [-0.05, 0) is 30.9 Å². The Morgan fingerprint density at radius 3 is 2.40 bits per heavy atom. The van der Waals surface area contributed by atoms with Gasteiger partial charge >= 0.3 is 6.03 Å². The van der Waals surface area contributed by atoms with Crippen molar-refractivity contribution in [3.8, 4) is 0 Å². The van der Waals surface area contributed by atoms with Gasteiger partial charge in [0.15, 0.2) is 5.78 Å². The van der Waals surface area contributed by atoms with Gasteiger partial charge in [0, 0.05) is 24.2 Å². The Morgan fingerprint density at radius 2 is 1.72 bits per heavy atom. The molecule has 1 atom stereocenters. The van der Waals surface area contributed by atoms with E-state index < -0.39 is 0 Å². The first-order chi connectivity index (χ1) is 12.0. The molecule has 2 aromatic rings. The molecule has 2 N–H and O–H groups in total. The second-order valence-electron chi connectivity index (χ2n) is 6.32. The number of nitrogens with one attached hydrogen (secondary N) is 2. The molecule has 0 radical (unpaired) electrons. The number of carbonyl (C=O) groups excluding carboxylic acids is 2. The molecule has 0 saturated heterocycles. The number of anilines is 1. The first-order valence-electron chi connectivity index (χ1n) is 8.75. The molecule has 2 amide bonds. The van der Waals surface area contributed by atoms with Crippen LogP contribution in [0.1, 0.15) is 54.1 Å². The van der Waals surface area contributed by atoms with Gasteiger partial charge in [-0.15, -0.1) is 0 Å². The first kappa shape index (κ1) is 18.7. The fourth-order valence-corrected chi connectivity index (χ4v) is 2.60. The van der Waals surface area contributed by atoms with Crippen molar-refractivity contribution < 1.29 is 9.59 Å². The van der Waals surface area contributed by atoms with E-state index in [0.29, 0.717) is 18.0 Å². The van der Waals surface area contributed by atoms with Gasteiger partial charge in [0.2, 0.25) is 0 Å². The minimum Gasteiger partial charge on any atom is -0.337 e. The van der Waals surface area contributed by atoms with E-state index in [1.165, 1.54) is 0 Å². The molecular weight excluding hydrogens is 312 g/mol. The Kier molecular flexibility index (Phi) is 6.75. The Morgan fingerprint density at radius 1 is 1.04 bits per heavy atom. The van der Waals surface area contributed by atoms with Crippen LogP contribution in [0.25, 0.3) is 0 Å². The number of rotatable bonds is 7. The van der Waals surface area contributed by atoms with Gasteiger partial charge in [-0.3, -0.25) is 4.79 Å². The Balaban J connectivity index is 1.85. The second-order valence-corrected chi connectivity index (χ2v) is 6.32. The second kappa shape index (κ2) is 9.02. The van der Waals surface area contributed by atoms with Crippen LogP contribution in [0.4, 0.5) is 10.5 Å². The zero-order valence-electron chi connectivity index (χ0n) is 15.1.